The Kier molecular flexibility index (Phi) is 6.05. The number of ether oxygens (including phenoxy) is 1. The molecule has 0 saturated heterocycles. The van der Waals surface area contributed by atoms with Gasteiger partial charge in [0.15, 0.2) is 0 Å². The summed E-state index contributed by atoms with van der Waals surface area (Å²) in [5, 5.41) is 2.93. The Morgan fingerprint density at radius 1 is 1.04 bits per heavy atom. The van der Waals surface area contributed by atoms with Gasteiger partial charge in [0.2, 0.25) is 0 Å². The number of nitrogens with zero attached hydrogens (tertiary/aromatic N) is 2. The third-order valence-corrected chi connectivity index (χ3v) is 4.38. The molecule has 0 atom stereocenters. The second-order valence-electron chi connectivity index (χ2n) is 6.11. The molecule has 138 valence electrons. The average Bonchev–Trinajstić information content (AvgIpc) is 2.74. The second-order valence-corrected chi connectivity index (χ2v) is 6.11. The van der Waals surface area contributed by atoms with Gasteiger partial charge in [0, 0.05) is 31.2 Å². The first-order chi connectivity index (χ1) is 13.2. The normalized spacial score (nSPS) is 10.3. The number of carbonyl (C=O) groups is 1. The number of pyridine rings is 1. The molecule has 1 amide bonds. The predicted molar refractivity (Wildman–Crippen MR) is 108 cm³/mol. The Labute approximate surface area is 159 Å². The van der Waals surface area contributed by atoms with E-state index in [0.29, 0.717) is 18.7 Å². The molecule has 0 aliphatic carbocycles. The van der Waals surface area contributed by atoms with Gasteiger partial charge in [-0.05, 0) is 42.3 Å². The van der Waals surface area contributed by atoms with Gasteiger partial charge >= 0.3 is 0 Å². The lowest BCUT2D eigenvalue weighted by Gasteiger charge is -2.19. The molecule has 0 bridgehead atoms. The fourth-order valence-electron chi connectivity index (χ4n) is 2.86. The highest BCUT2D eigenvalue weighted by molar-refractivity contribution is 5.93. The van der Waals surface area contributed by atoms with Gasteiger partial charge in [-0.3, -0.25) is 9.78 Å². The SMILES string of the molecule is COc1ccccc1CCNC(=O)c1cc(N(C)c2ccccc2)ccn1. The molecule has 1 aromatic heterocycles. The number of carbonyl (C=O) groups excluding carboxylic acids is 1. The highest BCUT2D eigenvalue weighted by Gasteiger charge is 2.11. The first-order valence-corrected chi connectivity index (χ1v) is 8.84. The van der Waals surface area contributed by atoms with Gasteiger partial charge < -0.3 is 15.0 Å². The van der Waals surface area contributed by atoms with Crippen molar-refractivity contribution in [3.63, 3.8) is 0 Å². The fraction of sp³-hybridized carbons (Fsp3) is 0.182. The number of nitrogens with one attached hydrogen (secondary N) is 1. The smallest absolute Gasteiger partial charge is 0.269 e. The van der Waals surface area contributed by atoms with E-state index >= 15 is 0 Å². The van der Waals surface area contributed by atoms with E-state index in [1.807, 2.05) is 72.6 Å². The Hall–Kier alpha value is -3.34. The summed E-state index contributed by atoms with van der Waals surface area (Å²) in [5.41, 5.74) is 3.42. The summed E-state index contributed by atoms with van der Waals surface area (Å²) in [6, 6.07) is 21.5. The van der Waals surface area contributed by atoms with Gasteiger partial charge in [-0.15, -0.1) is 0 Å². The number of para-hydroxylation sites is 2. The summed E-state index contributed by atoms with van der Waals surface area (Å²) in [5.74, 6) is 0.643. The molecule has 3 rings (SSSR count). The van der Waals surface area contributed by atoms with E-state index in [1.165, 1.54) is 0 Å². The molecule has 1 N–H and O–H groups in total. The van der Waals surface area contributed by atoms with Crippen LogP contribution in [0.25, 0.3) is 0 Å². The lowest BCUT2D eigenvalue weighted by molar-refractivity contribution is 0.0949. The maximum absolute atomic E-state index is 12.5. The van der Waals surface area contributed by atoms with Crippen LogP contribution in [-0.2, 0) is 6.42 Å². The van der Waals surface area contributed by atoms with Crippen molar-refractivity contribution in [2.45, 2.75) is 6.42 Å². The molecule has 3 aromatic rings. The van der Waals surface area contributed by atoms with Crippen molar-refractivity contribution < 1.29 is 9.53 Å². The molecule has 1 heterocycles. The van der Waals surface area contributed by atoms with Gasteiger partial charge in [0.1, 0.15) is 11.4 Å². The van der Waals surface area contributed by atoms with Gasteiger partial charge in [-0.1, -0.05) is 36.4 Å². The van der Waals surface area contributed by atoms with Crippen molar-refractivity contribution in [3.8, 4) is 5.75 Å². The van der Waals surface area contributed by atoms with Gasteiger partial charge in [-0.25, -0.2) is 0 Å². The summed E-state index contributed by atoms with van der Waals surface area (Å²) in [7, 11) is 3.62. The van der Waals surface area contributed by atoms with Crippen LogP contribution >= 0.6 is 0 Å². The van der Waals surface area contributed by atoms with E-state index in [9.17, 15) is 4.79 Å². The number of anilines is 2. The molecular formula is C22H23N3O2. The first-order valence-electron chi connectivity index (χ1n) is 8.84. The highest BCUT2D eigenvalue weighted by atomic mass is 16.5. The van der Waals surface area contributed by atoms with Crippen LogP contribution in [-0.4, -0.2) is 31.6 Å². The zero-order valence-electron chi connectivity index (χ0n) is 15.6. The number of amides is 1. The van der Waals surface area contributed by atoms with Crippen LogP contribution in [0.3, 0.4) is 0 Å². The third-order valence-electron chi connectivity index (χ3n) is 4.38. The molecule has 0 radical (unpaired) electrons. The van der Waals surface area contributed by atoms with E-state index in [2.05, 4.69) is 10.3 Å². The molecule has 0 saturated carbocycles. The molecule has 5 nitrogen and oxygen atoms in total. The van der Waals surface area contributed by atoms with E-state index < -0.39 is 0 Å². The van der Waals surface area contributed by atoms with Gasteiger partial charge in [0.05, 0.1) is 7.11 Å². The average molecular weight is 361 g/mol. The van der Waals surface area contributed by atoms with Crippen LogP contribution in [0.5, 0.6) is 5.75 Å². The molecule has 0 aliphatic heterocycles. The van der Waals surface area contributed by atoms with Crippen LogP contribution in [0.1, 0.15) is 16.1 Å². The van der Waals surface area contributed by atoms with Crippen molar-refractivity contribution in [2.75, 3.05) is 25.6 Å². The maximum Gasteiger partial charge on any atom is 0.269 e. The summed E-state index contributed by atoms with van der Waals surface area (Å²) < 4.78 is 5.34. The minimum atomic E-state index is -0.187. The predicted octanol–water partition coefficient (Wildman–Crippen LogP) is 3.83. The van der Waals surface area contributed by atoms with Crippen molar-refractivity contribution in [3.05, 3.63) is 84.2 Å². The van der Waals surface area contributed by atoms with E-state index in [-0.39, 0.29) is 5.91 Å². The van der Waals surface area contributed by atoms with E-state index in [0.717, 1.165) is 22.7 Å². The van der Waals surface area contributed by atoms with Gasteiger partial charge in [-0.2, -0.15) is 0 Å². The lowest BCUT2D eigenvalue weighted by Crippen LogP contribution is -2.27. The summed E-state index contributed by atoms with van der Waals surface area (Å²) in [6.45, 7) is 0.514. The number of rotatable bonds is 7. The van der Waals surface area contributed by atoms with Gasteiger partial charge in [0.25, 0.3) is 5.91 Å². The quantitative estimate of drug-likeness (QED) is 0.695. The third kappa shape index (κ3) is 4.64. The van der Waals surface area contributed by atoms with Crippen LogP contribution in [0.2, 0.25) is 0 Å². The van der Waals surface area contributed by atoms with E-state index in [4.69, 9.17) is 4.74 Å². The molecule has 0 unspecified atom stereocenters. The minimum Gasteiger partial charge on any atom is -0.496 e. The molecule has 0 aliphatic rings. The molecule has 2 aromatic carbocycles. The Morgan fingerprint density at radius 3 is 2.56 bits per heavy atom. The van der Waals surface area contributed by atoms with Crippen molar-refractivity contribution in [2.24, 2.45) is 0 Å². The van der Waals surface area contributed by atoms with Crippen LogP contribution < -0.4 is 15.0 Å². The maximum atomic E-state index is 12.5. The summed E-state index contributed by atoms with van der Waals surface area (Å²) in [6.07, 6.45) is 2.35. The molecular weight excluding hydrogens is 338 g/mol. The zero-order chi connectivity index (χ0) is 19.1. The van der Waals surface area contributed by atoms with Crippen LogP contribution in [0.4, 0.5) is 11.4 Å². The minimum absolute atomic E-state index is 0.187. The number of benzene rings is 2. The second kappa shape index (κ2) is 8.85. The van der Waals surface area contributed by atoms with Crippen LogP contribution in [0, 0.1) is 0 Å². The molecule has 0 spiro atoms. The number of aromatic nitrogens is 1. The summed E-state index contributed by atoms with van der Waals surface area (Å²) in [4.78, 5) is 18.7. The van der Waals surface area contributed by atoms with Crippen LogP contribution in [0.15, 0.2) is 72.9 Å². The van der Waals surface area contributed by atoms with Crippen molar-refractivity contribution >= 4 is 17.3 Å². The van der Waals surface area contributed by atoms with Crippen molar-refractivity contribution in [1.29, 1.82) is 0 Å². The Morgan fingerprint density at radius 2 is 1.78 bits per heavy atom. The standard InChI is InChI=1S/C22H23N3O2/c1-25(18-9-4-3-5-10-18)19-13-15-23-20(16-19)22(26)24-14-12-17-8-6-7-11-21(17)27-2/h3-11,13,15-16H,12,14H2,1-2H3,(H,24,26). The zero-order valence-corrected chi connectivity index (χ0v) is 15.6. The van der Waals surface area contributed by atoms with Crippen molar-refractivity contribution in [1.82, 2.24) is 10.3 Å². The number of methoxy groups -OCH3 is 1. The molecule has 27 heavy (non-hydrogen) atoms. The summed E-state index contributed by atoms with van der Waals surface area (Å²) >= 11 is 0. The Bertz CT molecular complexity index is 897. The topological polar surface area (TPSA) is 54.5 Å². The first kappa shape index (κ1) is 18.5. The fourth-order valence-corrected chi connectivity index (χ4v) is 2.86. The number of hydrogen-bond acceptors (Lipinski definition) is 4. The molecule has 5 heteroatoms. The number of hydrogen-bond donors (Lipinski definition) is 1. The largest absolute Gasteiger partial charge is 0.496 e. The monoisotopic (exact) mass is 361 g/mol. The Balaban J connectivity index is 1.63. The highest BCUT2D eigenvalue weighted by Crippen LogP contribution is 2.23. The van der Waals surface area contributed by atoms with E-state index in [1.54, 1.807) is 19.4 Å². The molecule has 0 fully saturated rings. The lowest BCUT2D eigenvalue weighted by atomic mass is 10.1.